The van der Waals surface area contributed by atoms with Gasteiger partial charge in [-0.3, -0.25) is 9.10 Å². The van der Waals surface area contributed by atoms with Crippen LogP contribution in [0.1, 0.15) is 27.0 Å². The van der Waals surface area contributed by atoms with Crippen LogP contribution < -0.4 is 9.62 Å². The third-order valence-corrected chi connectivity index (χ3v) is 6.10. The van der Waals surface area contributed by atoms with E-state index in [1.807, 2.05) is 0 Å². The van der Waals surface area contributed by atoms with Crippen molar-refractivity contribution in [1.29, 1.82) is 0 Å². The fourth-order valence-electron chi connectivity index (χ4n) is 2.04. The molecule has 128 valence electrons. The van der Waals surface area contributed by atoms with Crippen molar-refractivity contribution in [2.24, 2.45) is 0 Å². The molecule has 1 aromatic carbocycles. The lowest BCUT2D eigenvalue weighted by molar-refractivity contribution is 0.0697. The third-order valence-electron chi connectivity index (χ3n) is 3.27. The number of nitrogens with zero attached hydrogens (tertiary/aromatic N) is 1. The molecule has 2 N–H and O–H groups in total. The number of carbonyl (C=O) groups excluding carboxylic acids is 1. The molecule has 0 spiro atoms. The van der Waals surface area contributed by atoms with Crippen molar-refractivity contribution in [3.8, 4) is 0 Å². The predicted molar refractivity (Wildman–Crippen MR) is 91.3 cm³/mol. The first kappa shape index (κ1) is 18.0. The number of carbonyl (C=O) groups is 2. The Kier molecular flexibility index (Phi) is 5.25. The lowest BCUT2D eigenvalue weighted by Gasteiger charge is -2.20. The Bertz CT molecular complexity index is 873. The maximum atomic E-state index is 12.7. The number of benzene rings is 1. The van der Waals surface area contributed by atoms with Crippen LogP contribution in [0.25, 0.3) is 0 Å². The van der Waals surface area contributed by atoms with E-state index in [0.717, 1.165) is 15.6 Å². The van der Waals surface area contributed by atoms with Crippen molar-refractivity contribution < 1.29 is 23.1 Å². The molecule has 2 rings (SSSR count). The van der Waals surface area contributed by atoms with E-state index in [9.17, 15) is 23.1 Å². The van der Waals surface area contributed by atoms with Crippen molar-refractivity contribution in [3.63, 3.8) is 0 Å². The molecule has 0 bridgehead atoms. The summed E-state index contributed by atoms with van der Waals surface area (Å²) in [5.74, 6) is -1.57. The average Bonchev–Trinajstić information content (AvgIpc) is 3.05. The number of carboxylic acids is 1. The summed E-state index contributed by atoms with van der Waals surface area (Å²) in [6.07, 6.45) is 0. The number of amides is 1. The molecule has 1 aromatic heterocycles. The molecule has 0 fully saturated rings. The minimum Gasteiger partial charge on any atom is -0.478 e. The quantitative estimate of drug-likeness (QED) is 0.812. The smallest absolute Gasteiger partial charge is 0.337 e. The summed E-state index contributed by atoms with van der Waals surface area (Å²) >= 11 is 1.01. The van der Waals surface area contributed by atoms with Gasteiger partial charge in [0.1, 0.15) is 0 Å². The molecule has 24 heavy (non-hydrogen) atoms. The monoisotopic (exact) mass is 368 g/mol. The molecule has 2 aromatic rings. The first-order valence-corrected chi connectivity index (χ1v) is 9.29. The normalized spacial score (nSPS) is 11.1. The number of rotatable bonds is 6. The van der Waals surface area contributed by atoms with E-state index in [4.69, 9.17) is 0 Å². The average molecular weight is 368 g/mol. The molecular weight excluding hydrogens is 352 g/mol. The van der Waals surface area contributed by atoms with E-state index in [2.05, 4.69) is 5.32 Å². The number of sulfonamides is 1. The van der Waals surface area contributed by atoms with Crippen LogP contribution in [0.15, 0.2) is 40.6 Å². The van der Waals surface area contributed by atoms with Gasteiger partial charge in [0.25, 0.3) is 15.9 Å². The highest BCUT2D eigenvalue weighted by molar-refractivity contribution is 7.93. The molecule has 7 nitrogen and oxygen atoms in total. The second-order valence-corrected chi connectivity index (χ2v) is 7.68. The number of hydrogen-bond acceptors (Lipinski definition) is 5. The molecule has 0 atom stereocenters. The summed E-state index contributed by atoms with van der Waals surface area (Å²) in [6.45, 7) is 2.20. The van der Waals surface area contributed by atoms with Gasteiger partial charge in [0.2, 0.25) is 0 Å². The predicted octanol–water partition coefficient (Wildman–Crippen LogP) is 2.02. The molecule has 0 saturated carbocycles. The van der Waals surface area contributed by atoms with Crippen LogP contribution in [0, 0.1) is 0 Å². The van der Waals surface area contributed by atoms with Crippen LogP contribution in [-0.4, -0.2) is 39.0 Å². The summed E-state index contributed by atoms with van der Waals surface area (Å²) < 4.78 is 26.3. The molecule has 0 radical (unpaired) electrons. The highest BCUT2D eigenvalue weighted by atomic mass is 32.2. The lowest BCUT2D eigenvalue weighted by Crippen LogP contribution is -2.28. The Morgan fingerprint density at radius 1 is 1.29 bits per heavy atom. The van der Waals surface area contributed by atoms with Crippen LogP contribution in [0.5, 0.6) is 0 Å². The summed E-state index contributed by atoms with van der Waals surface area (Å²) in [7, 11) is -2.70. The third kappa shape index (κ3) is 3.41. The summed E-state index contributed by atoms with van der Waals surface area (Å²) in [4.78, 5) is 23.3. The Hall–Kier alpha value is -2.39. The van der Waals surface area contributed by atoms with E-state index in [1.165, 1.54) is 36.7 Å². The number of nitrogens with one attached hydrogen (secondary N) is 1. The number of thiophene rings is 1. The Morgan fingerprint density at radius 2 is 1.96 bits per heavy atom. The van der Waals surface area contributed by atoms with E-state index in [0.29, 0.717) is 6.54 Å². The van der Waals surface area contributed by atoms with E-state index in [1.54, 1.807) is 13.0 Å². The van der Waals surface area contributed by atoms with E-state index >= 15 is 0 Å². The van der Waals surface area contributed by atoms with Crippen molar-refractivity contribution in [2.45, 2.75) is 11.8 Å². The zero-order valence-corrected chi connectivity index (χ0v) is 14.6. The maximum Gasteiger partial charge on any atom is 0.337 e. The van der Waals surface area contributed by atoms with Crippen LogP contribution in [0.3, 0.4) is 0 Å². The highest BCUT2D eigenvalue weighted by Crippen LogP contribution is 2.28. The van der Waals surface area contributed by atoms with Gasteiger partial charge in [0, 0.05) is 19.0 Å². The van der Waals surface area contributed by atoms with Gasteiger partial charge in [-0.15, -0.1) is 11.3 Å². The molecule has 0 saturated heterocycles. The van der Waals surface area contributed by atoms with Crippen molar-refractivity contribution in [2.75, 3.05) is 17.9 Å². The number of carboxylic acid groups (broad SMARTS) is 1. The standard InChI is InChI=1S/C15H16N2O5S2/c1-3-16-14(18)13-8-10(9-23-13)24(21,22)17(2)12-7-5-4-6-11(12)15(19)20/h4-9H,3H2,1-2H3,(H,16,18)(H,19,20). The van der Waals surface area contributed by atoms with Gasteiger partial charge >= 0.3 is 5.97 Å². The fraction of sp³-hybridized carbons (Fsp3) is 0.200. The van der Waals surface area contributed by atoms with Crippen molar-refractivity contribution >= 4 is 38.9 Å². The number of anilines is 1. The van der Waals surface area contributed by atoms with Gasteiger partial charge < -0.3 is 10.4 Å². The van der Waals surface area contributed by atoms with Gasteiger partial charge in [-0.05, 0) is 25.1 Å². The van der Waals surface area contributed by atoms with Gasteiger partial charge in [0.05, 0.1) is 21.0 Å². The molecular formula is C15H16N2O5S2. The maximum absolute atomic E-state index is 12.7. The van der Waals surface area contributed by atoms with Gasteiger partial charge in [0.15, 0.2) is 0 Å². The molecule has 0 aliphatic rings. The second-order valence-electron chi connectivity index (χ2n) is 4.80. The Labute approximate surface area is 143 Å². The van der Waals surface area contributed by atoms with Gasteiger partial charge in [-0.1, -0.05) is 12.1 Å². The van der Waals surface area contributed by atoms with Crippen LogP contribution in [0.4, 0.5) is 5.69 Å². The van der Waals surface area contributed by atoms with Crippen LogP contribution >= 0.6 is 11.3 Å². The zero-order valence-electron chi connectivity index (χ0n) is 13.0. The van der Waals surface area contributed by atoms with Crippen molar-refractivity contribution in [1.82, 2.24) is 5.32 Å². The molecule has 0 aliphatic carbocycles. The lowest BCUT2D eigenvalue weighted by atomic mass is 10.2. The van der Waals surface area contributed by atoms with Gasteiger partial charge in [-0.25, -0.2) is 13.2 Å². The molecule has 0 unspecified atom stereocenters. The SMILES string of the molecule is CCNC(=O)c1cc(S(=O)(=O)N(C)c2ccccc2C(=O)O)cs1. The summed E-state index contributed by atoms with van der Waals surface area (Å²) in [6, 6.07) is 7.10. The fourth-order valence-corrected chi connectivity index (χ4v) is 4.43. The molecule has 1 amide bonds. The van der Waals surface area contributed by atoms with Crippen LogP contribution in [0.2, 0.25) is 0 Å². The minimum absolute atomic E-state index is 0.0516. The first-order chi connectivity index (χ1) is 11.3. The minimum atomic E-state index is -3.98. The molecule has 1 heterocycles. The van der Waals surface area contributed by atoms with Gasteiger partial charge in [-0.2, -0.15) is 0 Å². The Balaban J connectivity index is 2.41. The summed E-state index contributed by atoms with van der Waals surface area (Å²) in [5, 5.41) is 13.2. The Morgan fingerprint density at radius 3 is 2.58 bits per heavy atom. The number of hydrogen-bond donors (Lipinski definition) is 2. The largest absolute Gasteiger partial charge is 0.478 e. The summed E-state index contributed by atoms with van der Waals surface area (Å²) in [5.41, 5.74) is -0.0708. The number of para-hydroxylation sites is 1. The van der Waals surface area contributed by atoms with E-state index < -0.39 is 16.0 Å². The second kappa shape index (κ2) is 7.02. The zero-order chi connectivity index (χ0) is 17.9. The topological polar surface area (TPSA) is 104 Å². The van der Waals surface area contributed by atoms with E-state index in [-0.39, 0.29) is 26.9 Å². The van der Waals surface area contributed by atoms with Crippen molar-refractivity contribution in [3.05, 3.63) is 46.2 Å². The first-order valence-electron chi connectivity index (χ1n) is 6.97. The molecule has 0 aliphatic heterocycles. The molecule has 9 heteroatoms. The number of aromatic carboxylic acids is 1. The highest BCUT2D eigenvalue weighted by Gasteiger charge is 2.26. The van der Waals surface area contributed by atoms with Crippen LogP contribution in [-0.2, 0) is 10.0 Å².